The second-order valence-corrected chi connectivity index (χ2v) is 6.62. The molecule has 0 N–H and O–H groups in total. The number of benzene rings is 1. The summed E-state index contributed by atoms with van der Waals surface area (Å²) in [6.07, 6.45) is 7.09. The van der Waals surface area contributed by atoms with Gasteiger partial charge in [-0.25, -0.2) is 0 Å². The first-order valence-electron chi connectivity index (χ1n) is 5.01. The van der Waals surface area contributed by atoms with Crippen molar-refractivity contribution in [3.8, 4) is 0 Å². The zero-order valence-corrected chi connectivity index (χ0v) is 11.3. The zero-order chi connectivity index (χ0) is 11.6. The monoisotopic (exact) mass is 300 g/mol. The van der Waals surface area contributed by atoms with E-state index in [4.69, 9.17) is 0 Å². The zero-order valence-electron chi connectivity index (χ0n) is 8.63. The van der Waals surface area contributed by atoms with Gasteiger partial charge in [0, 0.05) is 0 Å². The Hall–Kier alpha value is -0.831. The molecule has 4 heteroatoms. The Morgan fingerprint density at radius 1 is 1.06 bits per heavy atom. The Morgan fingerprint density at radius 3 is 2.31 bits per heavy atom. The number of hydrogen-bond acceptors (Lipinski definition) is 2. The molecule has 0 aliphatic heterocycles. The maximum atomic E-state index is 12.2. The van der Waals surface area contributed by atoms with E-state index in [1.54, 1.807) is 36.4 Å². The molecule has 84 valence electrons. The van der Waals surface area contributed by atoms with Crippen LogP contribution >= 0.6 is 0 Å². The van der Waals surface area contributed by atoms with Gasteiger partial charge in [0.2, 0.25) is 0 Å². The molecule has 0 saturated heterocycles. The van der Waals surface area contributed by atoms with E-state index in [1.807, 2.05) is 6.08 Å². The molecule has 0 heterocycles. The average molecular weight is 299 g/mol. The quantitative estimate of drug-likeness (QED) is 0.770. The molecule has 0 fully saturated rings. The van der Waals surface area contributed by atoms with Crippen molar-refractivity contribution in [2.45, 2.75) is 17.7 Å². The van der Waals surface area contributed by atoms with Crippen LogP contribution < -0.4 is 4.46 Å². The molecule has 1 aromatic rings. The Labute approximate surface area is 104 Å². The SMILES string of the molecule is O=S(=O)(C1=CCCC=C1)c1ccc([SeH])cc1. The van der Waals surface area contributed by atoms with Gasteiger partial charge in [-0.2, -0.15) is 0 Å². The molecule has 1 aliphatic carbocycles. The summed E-state index contributed by atoms with van der Waals surface area (Å²) in [6, 6.07) is 6.87. The van der Waals surface area contributed by atoms with E-state index in [-0.39, 0.29) is 0 Å². The molecule has 1 aliphatic rings. The molecule has 16 heavy (non-hydrogen) atoms. The van der Waals surface area contributed by atoms with Gasteiger partial charge in [0.05, 0.1) is 0 Å². The molecule has 0 saturated carbocycles. The van der Waals surface area contributed by atoms with Crippen molar-refractivity contribution in [2.24, 2.45) is 0 Å². The summed E-state index contributed by atoms with van der Waals surface area (Å²) in [5, 5.41) is 0. The summed E-state index contributed by atoms with van der Waals surface area (Å²) < 4.78 is 25.3. The van der Waals surface area contributed by atoms with Gasteiger partial charge in [-0.15, -0.1) is 0 Å². The molecule has 0 bridgehead atoms. The van der Waals surface area contributed by atoms with Crippen LogP contribution in [0.5, 0.6) is 0 Å². The topological polar surface area (TPSA) is 34.1 Å². The second kappa shape index (κ2) is 4.58. The molecule has 0 spiro atoms. The van der Waals surface area contributed by atoms with Crippen LogP contribution in [0.4, 0.5) is 0 Å². The normalized spacial score (nSPS) is 15.9. The van der Waals surface area contributed by atoms with Gasteiger partial charge in [-0.3, -0.25) is 0 Å². The molecular weight excluding hydrogens is 287 g/mol. The van der Waals surface area contributed by atoms with Crippen LogP contribution in [0, 0.1) is 0 Å². The fourth-order valence-corrected chi connectivity index (χ4v) is 3.24. The summed E-state index contributed by atoms with van der Waals surface area (Å²) in [5.74, 6) is 0. The van der Waals surface area contributed by atoms with Gasteiger partial charge in [0.15, 0.2) is 0 Å². The van der Waals surface area contributed by atoms with Crippen LogP contribution in [-0.2, 0) is 9.84 Å². The van der Waals surface area contributed by atoms with Crippen molar-refractivity contribution < 1.29 is 8.42 Å². The van der Waals surface area contributed by atoms with Crippen molar-refractivity contribution >= 4 is 30.3 Å². The predicted molar refractivity (Wildman–Crippen MR) is 66.9 cm³/mol. The Bertz CT molecular complexity index is 539. The van der Waals surface area contributed by atoms with Crippen LogP contribution in [0.1, 0.15) is 12.8 Å². The van der Waals surface area contributed by atoms with Gasteiger partial charge in [0.25, 0.3) is 0 Å². The van der Waals surface area contributed by atoms with E-state index >= 15 is 0 Å². The first-order valence-corrected chi connectivity index (χ1v) is 7.44. The van der Waals surface area contributed by atoms with Crippen LogP contribution in [0.3, 0.4) is 0 Å². The van der Waals surface area contributed by atoms with Crippen molar-refractivity contribution in [1.82, 2.24) is 0 Å². The van der Waals surface area contributed by atoms with Gasteiger partial charge in [0.1, 0.15) is 0 Å². The van der Waals surface area contributed by atoms with Crippen LogP contribution in [0.2, 0.25) is 0 Å². The third kappa shape index (κ3) is 2.29. The average Bonchev–Trinajstić information content (AvgIpc) is 2.31. The van der Waals surface area contributed by atoms with Gasteiger partial charge in [-0.05, 0) is 0 Å². The number of sulfone groups is 1. The Kier molecular flexibility index (Phi) is 3.33. The molecule has 0 unspecified atom stereocenters. The van der Waals surface area contributed by atoms with Crippen molar-refractivity contribution in [2.75, 3.05) is 0 Å². The first-order chi connectivity index (χ1) is 7.60. The summed E-state index contributed by atoms with van der Waals surface area (Å²) in [6.45, 7) is 0. The van der Waals surface area contributed by atoms with Crippen LogP contribution in [0.15, 0.2) is 52.3 Å². The van der Waals surface area contributed by atoms with E-state index in [2.05, 4.69) is 16.0 Å². The molecule has 2 nitrogen and oxygen atoms in total. The third-order valence-electron chi connectivity index (χ3n) is 2.42. The van der Waals surface area contributed by atoms with Crippen molar-refractivity contribution in [3.05, 3.63) is 47.4 Å². The molecule has 2 rings (SSSR count). The van der Waals surface area contributed by atoms with Crippen LogP contribution in [0.25, 0.3) is 0 Å². The van der Waals surface area contributed by atoms with Crippen molar-refractivity contribution in [3.63, 3.8) is 0 Å². The summed E-state index contributed by atoms with van der Waals surface area (Å²) >= 11 is 2.39. The Morgan fingerprint density at radius 2 is 1.75 bits per heavy atom. The first kappa shape index (κ1) is 11.6. The van der Waals surface area contributed by atoms with Gasteiger partial charge in [-0.1, -0.05) is 0 Å². The third-order valence-corrected chi connectivity index (χ3v) is 4.86. The van der Waals surface area contributed by atoms with E-state index in [9.17, 15) is 8.42 Å². The van der Waals surface area contributed by atoms with E-state index in [0.717, 1.165) is 17.3 Å². The number of allylic oxidation sites excluding steroid dienone is 3. The van der Waals surface area contributed by atoms with Gasteiger partial charge < -0.3 is 0 Å². The number of hydrogen-bond donors (Lipinski definition) is 0. The maximum absolute atomic E-state index is 12.2. The molecule has 0 aromatic heterocycles. The molecule has 0 radical (unpaired) electrons. The minimum atomic E-state index is -3.31. The standard InChI is InChI=1S/C12H12O2SSe/c13-15(14,10-4-2-1-3-5-10)11-6-8-12(16)9-7-11/h2,4-9,16H,1,3H2. The van der Waals surface area contributed by atoms with Crippen molar-refractivity contribution in [1.29, 1.82) is 0 Å². The van der Waals surface area contributed by atoms with E-state index < -0.39 is 9.84 Å². The summed E-state index contributed by atoms with van der Waals surface area (Å²) in [5.41, 5.74) is 0. The fraction of sp³-hybridized carbons (Fsp3) is 0.167. The molecular formula is C12H12O2SSe. The summed E-state index contributed by atoms with van der Waals surface area (Å²) in [7, 11) is -3.31. The van der Waals surface area contributed by atoms with Gasteiger partial charge >= 0.3 is 104 Å². The number of rotatable bonds is 2. The fourth-order valence-electron chi connectivity index (χ4n) is 1.55. The summed E-state index contributed by atoms with van der Waals surface area (Å²) in [4.78, 5) is 0.775. The molecule has 1 aromatic carbocycles. The van der Waals surface area contributed by atoms with E-state index in [1.165, 1.54) is 0 Å². The van der Waals surface area contributed by atoms with Crippen LogP contribution in [-0.4, -0.2) is 24.4 Å². The molecule has 0 amide bonds. The second-order valence-electron chi connectivity index (χ2n) is 3.58. The minimum absolute atomic E-state index is 0.361. The Balaban J connectivity index is 2.43. The molecule has 0 atom stereocenters. The van der Waals surface area contributed by atoms with E-state index in [0.29, 0.717) is 9.80 Å². The predicted octanol–water partition coefficient (Wildman–Crippen LogP) is 1.22.